The van der Waals surface area contributed by atoms with Gasteiger partial charge in [-0.05, 0) is 25.7 Å². The van der Waals surface area contributed by atoms with Crippen molar-refractivity contribution < 1.29 is 0 Å². The normalized spacial score (nSPS) is 23.4. The smallest absolute Gasteiger partial charge is 0.134 e. The number of hydrogen-bond donors (Lipinski definition) is 1. The van der Waals surface area contributed by atoms with Gasteiger partial charge >= 0.3 is 0 Å². The topological polar surface area (TPSA) is 56.7 Å². The molecule has 0 spiro atoms. The van der Waals surface area contributed by atoms with Crippen molar-refractivity contribution in [1.29, 1.82) is 0 Å². The van der Waals surface area contributed by atoms with Crippen molar-refractivity contribution in [3.8, 4) is 0 Å². The van der Waals surface area contributed by atoms with Crippen molar-refractivity contribution in [3.63, 3.8) is 0 Å². The van der Waals surface area contributed by atoms with Gasteiger partial charge in [0.05, 0.1) is 0 Å². The molecule has 0 atom stereocenters. The maximum absolute atomic E-state index is 6.44. The van der Waals surface area contributed by atoms with Gasteiger partial charge in [-0.3, -0.25) is 0 Å². The SMILES string of the molecule is NC1(Cc2nnc3n2CCCCC3)CCCC1. The fourth-order valence-electron chi connectivity index (χ4n) is 3.25. The molecule has 1 aliphatic carbocycles. The summed E-state index contributed by atoms with van der Waals surface area (Å²) in [5.74, 6) is 2.31. The van der Waals surface area contributed by atoms with Gasteiger partial charge in [0.1, 0.15) is 11.6 Å². The molecule has 17 heavy (non-hydrogen) atoms. The molecule has 2 heterocycles. The third-order valence-electron chi connectivity index (χ3n) is 4.30. The first-order chi connectivity index (χ1) is 8.27. The number of nitrogens with zero attached hydrogens (tertiary/aromatic N) is 3. The lowest BCUT2D eigenvalue weighted by Gasteiger charge is -2.23. The molecule has 0 saturated heterocycles. The number of nitrogens with two attached hydrogens (primary N) is 1. The Morgan fingerprint density at radius 3 is 2.71 bits per heavy atom. The zero-order valence-electron chi connectivity index (χ0n) is 10.5. The largest absolute Gasteiger partial charge is 0.325 e. The second kappa shape index (κ2) is 4.41. The lowest BCUT2D eigenvalue weighted by Crippen LogP contribution is -2.39. The summed E-state index contributed by atoms with van der Waals surface area (Å²) in [4.78, 5) is 0. The Bertz CT molecular complexity index is 390. The van der Waals surface area contributed by atoms with Gasteiger partial charge in [0.15, 0.2) is 0 Å². The third kappa shape index (κ3) is 2.23. The van der Waals surface area contributed by atoms with E-state index in [4.69, 9.17) is 5.73 Å². The summed E-state index contributed by atoms with van der Waals surface area (Å²) in [6, 6.07) is 0. The highest BCUT2D eigenvalue weighted by molar-refractivity contribution is 5.04. The minimum atomic E-state index is -0.00386. The van der Waals surface area contributed by atoms with Crippen molar-refractivity contribution in [2.75, 3.05) is 0 Å². The Morgan fingerprint density at radius 1 is 1.06 bits per heavy atom. The van der Waals surface area contributed by atoms with E-state index in [0.717, 1.165) is 38.1 Å². The number of aromatic nitrogens is 3. The van der Waals surface area contributed by atoms with Crippen LogP contribution in [0.4, 0.5) is 0 Å². The Kier molecular flexibility index (Phi) is 2.90. The molecule has 4 nitrogen and oxygen atoms in total. The van der Waals surface area contributed by atoms with Crippen LogP contribution in [0, 0.1) is 0 Å². The summed E-state index contributed by atoms with van der Waals surface area (Å²) in [6.07, 6.45) is 10.7. The number of rotatable bonds is 2. The minimum absolute atomic E-state index is 0.00386. The standard InChI is InChI=1S/C13H22N4/c14-13(7-3-4-8-13)10-12-16-15-11-6-2-1-5-9-17(11)12/h1-10,14H2. The van der Waals surface area contributed by atoms with Crippen LogP contribution >= 0.6 is 0 Å². The second-order valence-electron chi connectivity index (χ2n) is 5.74. The highest BCUT2D eigenvalue weighted by Gasteiger charge is 2.31. The summed E-state index contributed by atoms with van der Waals surface area (Å²) in [5, 5.41) is 8.73. The van der Waals surface area contributed by atoms with E-state index in [0.29, 0.717) is 0 Å². The van der Waals surface area contributed by atoms with E-state index in [1.165, 1.54) is 37.9 Å². The predicted octanol–water partition coefficient (Wildman–Crippen LogP) is 1.82. The van der Waals surface area contributed by atoms with Crippen LogP contribution < -0.4 is 5.73 Å². The van der Waals surface area contributed by atoms with Crippen molar-refractivity contribution in [2.24, 2.45) is 5.73 Å². The average Bonchev–Trinajstić information content (AvgIpc) is 2.81. The Hall–Kier alpha value is -0.900. The molecule has 1 aromatic rings. The fraction of sp³-hybridized carbons (Fsp3) is 0.846. The predicted molar refractivity (Wildman–Crippen MR) is 66.7 cm³/mol. The van der Waals surface area contributed by atoms with Gasteiger partial charge in [-0.15, -0.1) is 10.2 Å². The second-order valence-corrected chi connectivity index (χ2v) is 5.74. The fourth-order valence-corrected chi connectivity index (χ4v) is 3.25. The quantitative estimate of drug-likeness (QED) is 0.849. The van der Waals surface area contributed by atoms with E-state index in [9.17, 15) is 0 Å². The van der Waals surface area contributed by atoms with Gasteiger partial charge in [0, 0.05) is 24.9 Å². The molecule has 4 heteroatoms. The highest BCUT2D eigenvalue weighted by atomic mass is 15.3. The average molecular weight is 234 g/mol. The van der Waals surface area contributed by atoms with E-state index in [2.05, 4.69) is 14.8 Å². The zero-order chi connectivity index (χ0) is 11.7. The van der Waals surface area contributed by atoms with Crippen LogP contribution in [0.15, 0.2) is 0 Å². The Balaban J connectivity index is 1.81. The lowest BCUT2D eigenvalue weighted by atomic mass is 9.94. The molecule has 94 valence electrons. The van der Waals surface area contributed by atoms with Crippen LogP contribution in [0.1, 0.15) is 56.6 Å². The van der Waals surface area contributed by atoms with Crippen LogP contribution in [-0.4, -0.2) is 20.3 Å². The van der Waals surface area contributed by atoms with Crippen molar-refractivity contribution in [2.45, 2.75) is 69.9 Å². The maximum Gasteiger partial charge on any atom is 0.134 e. The van der Waals surface area contributed by atoms with Gasteiger partial charge in [0.2, 0.25) is 0 Å². The molecule has 2 N–H and O–H groups in total. The molecule has 0 amide bonds. The number of fused-ring (bicyclic) bond motifs is 1. The first-order valence-corrected chi connectivity index (χ1v) is 6.97. The van der Waals surface area contributed by atoms with Gasteiger partial charge in [-0.1, -0.05) is 19.3 Å². The highest BCUT2D eigenvalue weighted by Crippen LogP contribution is 2.30. The summed E-state index contributed by atoms with van der Waals surface area (Å²) < 4.78 is 2.33. The summed E-state index contributed by atoms with van der Waals surface area (Å²) in [7, 11) is 0. The van der Waals surface area contributed by atoms with Gasteiger partial charge in [-0.2, -0.15) is 0 Å². The number of aryl methyl sites for hydroxylation is 1. The van der Waals surface area contributed by atoms with E-state index < -0.39 is 0 Å². The Labute approximate surface area is 103 Å². The summed E-state index contributed by atoms with van der Waals surface area (Å²) in [5.41, 5.74) is 6.44. The Morgan fingerprint density at radius 2 is 1.88 bits per heavy atom. The first kappa shape index (κ1) is 11.2. The van der Waals surface area contributed by atoms with Crippen molar-refractivity contribution in [1.82, 2.24) is 14.8 Å². The molecular formula is C13H22N4. The molecule has 1 aromatic heterocycles. The monoisotopic (exact) mass is 234 g/mol. The van der Waals surface area contributed by atoms with E-state index in [1.54, 1.807) is 0 Å². The zero-order valence-corrected chi connectivity index (χ0v) is 10.5. The molecular weight excluding hydrogens is 212 g/mol. The maximum atomic E-state index is 6.44. The molecule has 0 aromatic carbocycles. The molecule has 0 bridgehead atoms. The minimum Gasteiger partial charge on any atom is -0.325 e. The van der Waals surface area contributed by atoms with E-state index >= 15 is 0 Å². The summed E-state index contributed by atoms with van der Waals surface area (Å²) in [6.45, 7) is 1.09. The van der Waals surface area contributed by atoms with Crippen LogP contribution in [0.2, 0.25) is 0 Å². The molecule has 0 unspecified atom stereocenters. The van der Waals surface area contributed by atoms with Gasteiger partial charge in [-0.25, -0.2) is 0 Å². The molecule has 1 saturated carbocycles. The van der Waals surface area contributed by atoms with Gasteiger partial charge < -0.3 is 10.3 Å². The molecule has 3 rings (SSSR count). The van der Waals surface area contributed by atoms with Crippen molar-refractivity contribution >= 4 is 0 Å². The first-order valence-electron chi connectivity index (χ1n) is 6.97. The molecule has 0 radical (unpaired) electrons. The third-order valence-corrected chi connectivity index (χ3v) is 4.30. The van der Waals surface area contributed by atoms with Crippen LogP contribution in [0.25, 0.3) is 0 Å². The number of hydrogen-bond acceptors (Lipinski definition) is 3. The van der Waals surface area contributed by atoms with Crippen molar-refractivity contribution in [3.05, 3.63) is 11.6 Å². The van der Waals surface area contributed by atoms with Crippen LogP contribution in [0.5, 0.6) is 0 Å². The summed E-state index contributed by atoms with van der Waals surface area (Å²) >= 11 is 0. The molecule has 1 fully saturated rings. The van der Waals surface area contributed by atoms with Crippen LogP contribution in [-0.2, 0) is 19.4 Å². The lowest BCUT2D eigenvalue weighted by molar-refractivity contribution is 0.415. The molecule has 1 aliphatic heterocycles. The van der Waals surface area contributed by atoms with Gasteiger partial charge in [0.25, 0.3) is 0 Å². The van der Waals surface area contributed by atoms with E-state index in [1.807, 2.05) is 0 Å². The van der Waals surface area contributed by atoms with E-state index in [-0.39, 0.29) is 5.54 Å². The van der Waals surface area contributed by atoms with Crippen LogP contribution in [0.3, 0.4) is 0 Å². The molecule has 2 aliphatic rings.